The van der Waals surface area contributed by atoms with E-state index in [4.69, 9.17) is 16.0 Å². The van der Waals surface area contributed by atoms with Crippen LogP contribution in [0.4, 0.5) is 5.13 Å². The molecule has 1 unspecified atom stereocenters. The molecule has 2 N–H and O–H groups in total. The molecule has 2 aliphatic rings. The minimum absolute atomic E-state index is 0.0754. The Morgan fingerprint density at radius 3 is 2.48 bits per heavy atom. The Bertz CT molecular complexity index is 1640. The second kappa shape index (κ2) is 13.9. The number of ether oxygens (including phenoxy) is 1. The van der Waals surface area contributed by atoms with E-state index in [1.807, 2.05) is 60.7 Å². The molecule has 0 saturated carbocycles. The van der Waals surface area contributed by atoms with E-state index >= 15 is 0 Å². The van der Waals surface area contributed by atoms with Crippen molar-refractivity contribution in [2.75, 3.05) is 17.7 Å². The average molecular weight is 628 g/mol. The quantitative estimate of drug-likeness (QED) is 0.0594. The van der Waals surface area contributed by atoms with Crippen LogP contribution in [0.2, 0.25) is 0 Å². The van der Waals surface area contributed by atoms with E-state index in [2.05, 4.69) is 33.3 Å². The molecule has 2 aromatic carbocycles. The molecule has 0 aliphatic carbocycles. The zero-order valence-electron chi connectivity index (χ0n) is 23.0. The summed E-state index contributed by atoms with van der Waals surface area (Å²) in [6.45, 7) is 3.63. The van der Waals surface area contributed by atoms with Crippen molar-refractivity contribution in [2.24, 2.45) is 5.16 Å². The van der Waals surface area contributed by atoms with Gasteiger partial charge in [-0.25, -0.2) is 9.78 Å². The minimum Gasteiger partial charge on any atom is -0.448 e. The largest absolute Gasteiger partial charge is 0.448 e. The van der Waals surface area contributed by atoms with Crippen molar-refractivity contribution in [1.29, 1.82) is 0 Å². The van der Waals surface area contributed by atoms with Crippen LogP contribution in [0.5, 0.6) is 0 Å². The molecular formula is C31H25N5O6S2. The van der Waals surface area contributed by atoms with Crippen LogP contribution in [0.15, 0.2) is 95.1 Å². The number of carbonyl (C=O) groups is 4. The highest BCUT2D eigenvalue weighted by molar-refractivity contribution is 8.00. The van der Waals surface area contributed by atoms with E-state index in [-0.39, 0.29) is 28.8 Å². The maximum Gasteiger partial charge on any atom is 0.356 e. The lowest BCUT2D eigenvalue weighted by Crippen LogP contribution is -2.71. The molecule has 0 radical (unpaired) electrons. The summed E-state index contributed by atoms with van der Waals surface area (Å²) in [5, 5.41) is 10.0. The fourth-order valence-electron chi connectivity index (χ4n) is 4.58. The third-order valence-corrected chi connectivity index (χ3v) is 8.68. The molecule has 11 nitrogen and oxygen atoms in total. The van der Waals surface area contributed by atoms with Crippen molar-refractivity contribution >= 4 is 58.1 Å². The van der Waals surface area contributed by atoms with Gasteiger partial charge in [0.15, 0.2) is 23.6 Å². The van der Waals surface area contributed by atoms with Gasteiger partial charge in [-0.3, -0.25) is 19.3 Å². The first-order valence-electron chi connectivity index (χ1n) is 13.2. The SMILES string of the molecule is C#CCON=C(C(=O)NC1C(=O)N2C(C(=O)OC(c3ccccc3)c3ccccc3)=C(C=C)CS[C@H]12)c1csc(NC=O)n1. The molecule has 13 heteroatoms. The maximum atomic E-state index is 13.8. The number of carbonyl (C=O) groups excluding carboxylic acids is 4. The zero-order chi connectivity index (χ0) is 31.1. The normalized spacial score (nSPS) is 17.6. The second-order valence-corrected chi connectivity index (χ2v) is 11.2. The van der Waals surface area contributed by atoms with Gasteiger partial charge in [-0.15, -0.1) is 29.5 Å². The summed E-state index contributed by atoms with van der Waals surface area (Å²) < 4.78 is 6.06. The Kier molecular flexibility index (Phi) is 9.53. The molecule has 3 heterocycles. The van der Waals surface area contributed by atoms with Gasteiger partial charge in [0.1, 0.15) is 22.8 Å². The van der Waals surface area contributed by atoms with Crippen molar-refractivity contribution in [3.63, 3.8) is 0 Å². The van der Waals surface area contributed by atoms with Crippen molar-refractivity contribution in [1.82, 2.24) is 15.2 Å². The molecule has 0 spiro atoms. The summed E-state index contributed by atoms with van der Waals surface area (Å²) in [7, 11) is 0. The number of hydrogen-bond donors (Lipinski definition) is 2. The number of nitrogens with zero attached hydrogens (tertiary/aromatic N) is 3. The number of rotatable bonds is 12. The standard InChI is InChI=1S/C31H25N5O6S2/c1-3-15-41-35-23(22-17-44-31(33-22)32-18-37)27(38)34-24-28(39)36-25(19(4-2)16-43-29(24)36)30(40)42-26(20-11-7-5-8-12-20)21-13-9-6-10-14-21/h1,4-14,17-18,24,26,29H,2,15-16H2,(H,34,38)(H,32,33,37)/t24?,29-/m1/s1. The Morgan fingerprint density at radius 1 is 1.18 bits per heavy atom. The molecule has 0 bridgehead atoms. The van der Waals surface area contributed by atoms with Gasteiger partial charge in [0.25, 0.3) is 11.8 Å². The number of nitrogens with one attached hydrogen (secondary N) is 2. The first-order chi connectivity index (χ1) is 21.5. The maximum absolute atomic E-state index is 13.8. The first-order valence-corrected chi connectivity index (χ1v) is 15.1. The lowest BCUT2D eigenvalue weighted by Gasteiger charge is -2.49. The van der Waals surface area contributed by atoms with Crippen LogP contribution in [0.3, 0.4) is 0 Å². The molecule has 222 valence electrons. The number of anilines is 1. The number of hydrogen-bond acceptors (Lipinski definition) is 10. The van der Waals surface area contributed by atoms with Crippen LogP contribution >= 0.6 is 23.1 Å². The number of oxime groups is 1. The molecule has 3 aromatic rings. The number of β-lactam (4-membered cyclic amide) rings is 1. The lowest BCUT2D eigenvalue weighted by atomic mass is 10.0. The fourth-order valence-corrected chi connectivity index (χ4v) is 6.58. The number of thiazole rings is 1. The number of terminal acetylenes is 1. The fraction of sp³-hybridized carbons (Fsp3) is 0.161. The summed E-state index contributed by atoms with van der Waals surface area (Å²) in [6, 6.07) is 17.6. The van der Waals surface area contributed by atoms with Gasteiger partial charge in [0.2, 0.25) is 6.41 Å². The number of esters is 1. The summed E-state index contributed by atoms with van der Waals surface area (Å²) in [5.41, 5.74) is 2.02. The highest BCUT2D eigenvalue weighted by atomic mass is 32.2. The van der Waals surface area contributed by atoms with Gasteiger partial charge in [-0.1, -0.05) is 84.4 Å². The molecule has 1 saturated heterocycles. The molecule has 5 rings (SSSR count). The van der Waals surface area contributed by atoms with E-state index in [0.717, 1.165) is 22.5 Å². The number of benzene rings is 2. The predicted octanol–water partition coefficient (Wildman–Crippen LogP) is 3.24. The van der Waals surface area contributed by atoms with Crippen LogP contribution in [0.1, 0.15) is 22.9 Å². The lowest BCUT2D eigenvalue weighted by molar-refractivity contribution is -0.154. The highest BCUT2D eigenvalue weighted by Gasteiger charge is 2.54. The molecule has 1 fully saturated rings. The van der Waals surface area contributed by atoms with Crippen LogP contribution in [0, 0.1) is 12.3 Å². The highest BCUT2D eigenvalue weighted by Crippen LogP contribution is 2.42. The van der Waals surface area contributed by atoms with Crippen LogP contribution in [0.25, 0.3) is 0 Å². The van der Waals surface area contributed by atoms with Crippen molar-refractivity contribution in [3.8, 4) is 12.3 Å². The molecular weight excluding hydrogens is 603 g/mol. The predicted molar refractivity (Wildman–Crippen MR) is 166 cm³/mol. The molecule has 44 heavy (non-hydrogen) atoms. The van der Waals surface area contributed by atoms with Crippen molar-refractivity contribution in [3.05, 3.63) is 107 Å². The van der Waals surface area contributed by atoms with Crippen molar-refractivity contribution in [2.45, 2.75) is 17.5 Å². The number of thioether (sulfide) groups is 1. The Balaban J connectivity index is 1.37. The van der Waals surface area contributed by atoms with Crippen molar-refractivity contribution < 1.29 is 28.8 Å². The van der Waals surface area contributed by atoms with Gasteiger partial charge in [0.05, 0.1) is 0 Å². The number of allylic oxidation sites excluding steroid dienone is 1. The number of aromatic nitrogens is 1. The molecule has 3 amide bonds. The summed E-state index contributed by atoms with van der Waals surface area (Å²) >= 11 is 2.43. The van der Waals surface area contributed by atoms with E-state index in [1.165, 1.54) is 28.1 Å². The Labute approximate surface area is 261 Å². The van der Waals surface area contributed by atoms with Crippen LogP contribution in [-0.2, 0) is 28.8 Å². The second-order valence-electron chi connectivity index (χ2n) is 9.26. The average Bonchev–Trinajstić information content (AvgIpc) is 3.52. The summed E-state index contributed by atoms with van der Waals surface area (Å²) in [4.78, 5) is 61.9. The van der Waals surface area contributed by atoms with Gasteiger partial charge in [-0.2, -0.15) is 0 Å². The Hall–Kier alpha value is -5.19. The van der Waals surface area contributed by atoms with Crippen LogP contribution < -0.4 is 10.6 Å². The summed E-state index contributed by atoms with van der Waals surface area (Å²) in [5.74, 6) is 0.651. The van der Waals surface area contributed by atoms with E-state index in [0.29, 0.717) is 17.7 Å². The Morgan fingerprint density at radius 2 is 1.86 bits per heavy atom. The monoisotopic (exact) mass is 627 g/mol. The van der Waals surface area contributed by atoms with Gasteiger partial charge >= 0.3 is 5.97 Å². The van der Waals surface area contributed by atoms with E-state index in [1.54, 1.807) is 0 Å². The third-order valence-electron chi connectivity index (χ3n) is 6.60. The third kappa shape index (κ3) is 6.26. The smallest absolute Gasteiger partial charge is 0.356 e. The molecule has 1 aromatic heterocycles. The number of fused-ring (bicyclic) bond motifs is 1. The van der Waals surface area contributed by atoms with Gasteiger partial charge in [-0.05, 0) is 16.7 Å². The number of amides is 3. The van der Waals surface area contributed by atoms with E-state index in [9.17, 15) is 19.2 Å². The van der Waals surface area contributed by atoms with Crippen LogP contribution in [-0.4, -0.2) is 63.6 Å². The molecule has 2 atom stereocenters. The zero-order valence-corrected chi connectivity index (χ0v) is 24.7. The summed E-state index contributed by atoms with van der Waals surface area (Å²) in [6.07, 6.45) is 6.48. The molecule has 2 aliphatic heterocycles. The minimum atomic E-state index is -0.982. The van der Waals surface area contributed by atoms with E-state index < -0.39 is 35.3 Å². The van der Waals surface area contributed by atoms with Gasteiger partial charge < -0.3 is 20.2 Å². The topological polar surface area (TPSA) is 139 Å². The first kappa shape index (κ1) is 30.3. The van der Waals surface area contributed by atoms with Gasteiger partial charge in [0, 0.05) is 11.1 Å².